The van der Waals surface area contributed by atoms with E-state index >= 15 is 0 Å². The fraction of sp³-hybridized carbons (Fsp3) is 1.00. The minimum Gasteiger partial charge on any atom is -0.381 e. The van der Waals surface area contributed by atoms with Crippen LogP contribution in [0.25, 0.3) is 0 Å². The van der Waals surface area contributed by atoms with Gasteiger partial charge in [0.2, 0.25) is 0 Å². The quantitative estimate of drug-likeness (QED) is 0.450. The Balaban J connectivity index is 3.20. The normalized spacial score (nSPS) is 13.8. The fourth-order valence-corrected chi connectivity index (χ4v) is 2.24. The lowest BCUT2D eigenvalue weighted by Gasteiger charge is -2.23. The van der Waals surface area contributed by atoms with Crippen LogP contribution in [0, 0.1) is 11.3 Å². The van der Waals surface area contributed by atoms with Crippen LogP contribution in [0.1, 0.15) is 53.4 Å². The van der Waals surface area contributed by atoms with Crippen molar-refractivity contribution in [1.82, 2.24) is 0 Å². The summed E-state index contributed by atoms with van der Waals surface area (Å²) in [5.41, 5.74) is 0.434. The highest BCUT2D eigenvalue weighted by Crippen LogP contribution is 2.25. The molecular formula is C15H32O2S. The van der Waals surface area contributed by atoms with Crippen LogP contribution < -0.4 is 0 Å². The minimum atomic E-state index is 0.434. The summed E-state index contributed by atoms with van der Waals surface area (Å²) in [4.78, 5) is 0. The third-order valence-corrected chi connectivity index (χ3v) is 2.96. The van der Waals surface area contributed by atoms with Crippen LogP contribution in [0.2, 0.25) is 0 Å². The zero-order chi connectivity index (χ0) is 13.9. The summed E-state index contributed by atoms with van der Waals surface area (Å²) in [5.74, 6) is 1.56. The zero-order valence-corrected chi connectivity index (χ0v) is 13.6. The zero-order valence-electron chi connectivity index (χ0n) is 12.7. The highest BCUT2D eigenvalue weighted by molar-refractivity contribution is 7.80. The van der Waals surface area contributed by atoms with Crippen molar-refractivity contribution in [3.8, 4) is 0 Å². The van der Waals surface area contributed by atoms with E-state index in [1.54, 1.807) is 0 Å². The molecule has 0 aromatic heterocycles. The summed E-state index contributed by atoms with van der Waals surface area (Å²) in [6.45, 7) is 12.6. The molecule has 0 aliphatic rings. The molecule has 0 amide bonds. The van der Waals surface area contributed by atoms with Crippen LogP contribution >= 0.6 is 12.6 Å². The third kappa shape index (κ3) is 14.3. The summed E-state index contributed by atoms with van der Waals surface area (Å²) in [6, 6.07) is 0. The van der Waals surface area contributed by atoms with Gasteiger partial charge in [-0.15, -0.1) is 0 Å². The van der Waals surface area contributed by atoms with Gasteiger partial charge in [-0.25, -0.2) is 0 Å². The maximum absolute atomic E-state index is 5.65. The van der Waals surface area contributed by atoms with Gasteiger partial charge in [0.05, 0.1) is 6.61 Å². The van der Waals surface area contributed by atoms with E-state index in [1.165, 1.54) is 12.8 Å². The van der Waals surface area contributed by atoms with Crippen molar-refractivity contribution in [2.24, 2.45) is 11.3 Å². The first-order valence-corrected chi connectivity index (χ1v) is 7.85. The molecule has 0 aliphatic heterocycles. The summed E-state index contributed by atoms with van der Waals surface area (Å²) >= 11 is 4.09. The lowest BCUT2D eigenvalue weighted by atomic mass is 9.84. The molecule has 3 heteroatoms. The fourth-order valence-electron chi connectivity index (χ4n) is 2.11. The molecular weight excluding hydrogens is 244 g/mol. The molecule has 2 nitrogen and oxygen atoms in total. The molecule has 110 valence electrons. The molecule has 0 radical (unpaired) electrons. The highest BCUT2D eigenvalue weighted by Gasteiger charge is 2.14. The number of hydrogen-bond donors (Lipinski definition) is 1. The Hall–Kier alpha value is 0.270. The van der Waals surface area contributed by atoms with E-state index in [0.717, 1.165) is 50.9 Å². The Morgan fingerprint density at radius 2 is 1.50 bits per heavy atom. The maximum atomic E-state index is 5.65. The molecule has 0 heterocycles. The van der Waals surface area contributed by atoms with Crippen molar-refractivity contribution in [1.29, 1.82) is 0 Å². The smallest absolute Gasteiger partial charge is 0.0554 e. The number of ether oxygens (including phenoxy) is 2. The van der Waals surface area contributed by atoms with Crippen LogP contribution in [0.4, 0.5) is 0 Å². The van der Waals surface area contributed by atoms with Crippen LogP contribution in [0.15, 0.2) is 0 Å². The number of unbranched alkanes of at least 4 members (excludes halogenated alkanes) is 1. The minimum absolute atomic E-state index is 0.434. The van der Waals surface area contributed by atoms with Gasteiger partial charge in [0.15, 0.2) is 0 Å². The molecule has 0 bridgehead atoms. The van der Waals surface area contributed by atoms with Gasteiger partial charge in [-0.3, -0.25) is 0 Å². The number of hydrogen-bond acceptors (Lipinski definition) is 3. The summed E-state index contributed by atoms with van der Waals surface area (Å²) in [5, 5.41) is 0. The van der Waals surface area contributed by atoms with Crippen LogP contribution in [0.5, 0.6) is 0 Å². The van der Waals surface area contributed by atoms with Crippen LogP contribution in [0.3, 0.4) is 0 Å². The number of rotatable bonds is 11. The SMILES string of the molecule is CC(CCOCCCCOCCS)CC(C)(C)C. The van der Waals surface area contributed by atoms with Gasteiger partial charge in [0, 0.05) is 25.6 Å². The Labute approximate surface area is 119 Å². The van der Waals surface area contributed by atoms with E-state index in [-0.39, 0.29) is 0 Å². The van der Waals surface area contributed by atoms with Crippen molar-refractivity contribution >= 4 is 12.6 Å². The average Bonchev–Trinajstić information content (AvgIpc) is 2.24. The second kappa shape index (κ2) is 11.1. The topological polar surface area (TPSA) is 18.5 Å². The molecule has 0 fully saturated rings. The summed E-state index contributed by atoms with van der Waals surface area (Å²) < 4.78 is 11.0. The molecule has 1 atom stereocenters. The Kier molecular flexibility index (Phi) is 11.3. The molecule has 18 heavy (non-hydrogen) atoms. The van der Waals surface area contributed by atoms with E-state index in [0.29, 0.717) is 5.41 Å². The van der Waals surface area contributed by atoms with E-state index in [1.807, 2.05) is 0 Å². The van der Waals surface area contributed by atoms with Crippen molar-refractivity contribution in [2.45, 2.75) is 53.4 Å². The van der Waals surface area contributed by atoms with Gasteiger partial charge in [0.1, 0.15) is 0 Å². The van der Waals surface area contributed by atoms with Crippen molar-refractivity contribution in [3.05, 3.63) is 0 Å². The third-order valence-electron chi connectivity index (χ3n) is 2.78. The lowest BCUT2D eigenvalue weighted by Crippen LogP contribution is -2.13. The van der Waals surface area contributed by atoms with E-state index in [4.69, 9.17) is 9.47 Å². The van der Waals surface area contributed by atoms with E-state index < -0.39 is 0 Å². The predicted octanol–water partition coefficient (Wildman–Crippen LogP) is 4.19. The Bertz CT molecular complexity index is 178. The summed E-state index contributed by atoms with van der Waals surface area (Å²) in [7, 11) is 0. The molecule has 0 aliphatic carbocycles. The van der Waals surface area contributed by atoms with Gasteiger partial charge < -0.3 is 9.47 Å². The van der Waals surface area contributed by atoms with Gasteiger partial charge in [0.25, 0.3) is 0 Å². The molecule has 0 saturated heterocycles. The molecule has 0 spiro atoms. The van der Waals surface area contributed by atoms with Crippen LogP contribution in [-0.2, 0) is 9.47 Å². The lowest BCUT2D eigenvalue weighted by molar-refractivity contribution is 0.0979. The molecule has 0 aromatic carbocycles. The Morgan fingerprint density at radius 3 is 2.00 bits per heavy atom. The molecule has 0 rings (SSSR count). The van der Waals surface area contributed by atoms with Gasteiger partial charge >= 0.3 is 0 Å². The molecule has 1 unspecified atom stereocenters. The van der Waals surface area contributed by atoms with Gasteiger partial charge in [-0.05, 0) is 37.0 Å². The van der Waals surface area contributed by atoms with Crippen molar-refractivity contribution in [2.75, 3.05) is 32.2 Å². The monoisotopic (exact) mass is 276 g/mol. The largest absolute Gasteiger partial charge is 0.381 e. The van der Waals surface area contributed by atoms with Crippen molar-refractivity contribution in [3.63, 3.8) is 0 Å². The van der Waals surface area contributed by atoms with Gasteiger partial charge in [-0.1, -0.05) is 27.7 Å². The second-order valence-corrected chi connectivity index (χ2v) is 6.76. The molecule has 0 saturated carbocycles. The number of thiol groups is 1. The molecule has 0 N–H and O–H groups in total. The second-order valence-electron chi connectivity index (χ2n) is 6.31. The van der Waals surface area contributed by atoms with Crippen LogP contribution in [-0.4, -0.2) is 32.2 Å². The highest BCUT2D eigenvalue weighted by atomic mass is 32.1. The first kappa shape index (κ1) is 18.3. The van der Waals surface area contributed by atoms with Crippen molar-refractivity contribution < 1.29 is 9.47 Å². The standard InChI is InChI=1S/C15H32O2S/c1-14(13-15(2,3)4)7-10-16-8-5-6-9-17-11-12-18/h14,18H,5-13H2,1-4H3. The maximum Gasteiger partial charge on any atom is 0.0554 e. The van der Waals surface area contributed by atoms with E-state index in [9.17, 15) is 0 Å². The first-order valence-electron chi connectivity index (χ1n) is 7.22. The predicted molar refractivity (Wildman–Crippen MR) is 82.6 cm³/mol. The van der Waals surface area contributed by atoms with E-state index in [2.05, 4.69) is 40.3 Å². The summed E-state index contributed by atoms with van der Waals surface area (Å²) in [6.07, 6.45) is 4.63. The average molecular weight is 276 g/mol. The Morgan fingerprint density at radius 1 is 0.944 bits per heavy atom. The molecule has 0 aromatic rings. The van der Waals surface area contributed by atoms with Gasteiger partial charge in [-0.2, -0.15) is 12.6 Å². The first-order chi connectivity index (χ1) is 8.45.